The van der Waals surface area contributed by atoms with Crippen LogP contribution in [0.2, 0.25) is 0 Å². The Morgan fingerprint density at radius 3 is 2.65 bits per heavy atom. The van der Waals surface area contributed by atoms with Gasteiger partial charge in [-0.3, -0.25) is 9.59 Å². The topological polar surface area (TPSA) is 104 Å². The molecule has 2 aromatic rings. The molecule has 9 heteroatoms. The number of ether oxygens (including phenoxy) is 2. The first kappa shape index (κ1) is 19.4. The smallest absolute Gasteiger partial charge is 0.309 e. The molecular weight excluding hydrogens is 345 g/mol. The molecule has 140 valence electrons. The van der Waals surface area contributed by atoms with E-state index in [1.165, 1.54) is 12.1 Å². The molecule has 1 aromatic carbocycles. The van der Waals surface area contributed by atoms with Crippen LogP contribution in [0.5, 0.6) is 0 Å². The fourth-order valence-electron chi connectivity index (χ4n) is 2.19. The van der Waals surface area contributed by atoms with Crippen molar-refractivity contribution in [3.63, 3.8) is 0 Å². The highest BCUT2D eigenvalue weighted by Crippen LogP contribution is 2.21. The van der Waals surface area contributed by atoms with Crippen LogP contribution in [0.1, 0.15) is 31.2 Å². The van der Waals surface area contributed by atoms with Gasteiger partial charge in [0.2, 0.25) is 5.82 Å². The molecule has 0 radical (unpaired) electrons. The van der Waals surface area contributed by atoms with Crippen LogP contribution in [0, 0.1) is 12.7 Å². The standard InChI is InChI=1S/C17H20FN3O5/c1-3-25-16(23)8-9-26-15(22)7-6-14-19-17(21(24)20-14)12-5-4-11(2)10-13(12)18/h4-5,10,24H,3,6-9H2,1-2H3. The molecule has 1 aromatic heterocycles. The SMILES string of the molecule is CCOC(=O)CCOC(=O)CCc1nc(-c2ccc(C)cc2F)n(O)n1. The zero-order valence-corrected chi connectivity index (χ0v) is 14.6. The Labute approximate surface area is 149 Å². The Hall–Kier alpha value is -2.97. The summed E-state index contributed by atoms with van der Waals surface area (Å²) in [6.45, 7) is 3.63. The second-order valence-corrected chi connectivity index (χ2v) is 5.50. The third kappa shape index (κ3) is 5.27. The average Bonchev–Trinajstić information content (AvgIpc) is 2.94. The summed E-state index contributed by atoms with van der Waals surface area (Å²) in [5.41, 5.74) is 0.843. The number of esters is 2. The van der Waals surface area contributed by atoms with Crippen molar-refractivity contribution >= 4 is 11.9 Å². The largest absolute Gasteiger partial charge is 0.466 e. The van der Waals surface area contributed by atoms with Crippen LogP contribution in [-0.4, -0.2) is 45.3 Å². The molecule has 0 amide bonds. The van der Waals surface area contributed by atoms with Gasteiger partial charge in [-0.2, -0.15) is 0 Å². The Morgan fingerprint density at radius 2 is 1.96 bits per heavy atom. The van der Waals surface area contributed by atoms with Gasteiger partial charge in [-0.05, 0) is 31.5 Å². The highest BCUT2D eigenvalue weighted by molar-refractivity contribution is 5.72. The summed E-state index contributed by atoms with van der Waals surface area (Å²) in [7, 11) is 0. The molecular formula is C17H20FN3O5. The van der Waals surface area contributed by atoms with E-state index in [0.717, 1.165) is 5.56 Å². The first-order chi connectivity index (χ1) is 12.4. The number of aryl methyl sites for hydroxylation is 2. The van der Waals surface area contributed by atoms with E-state index < -0.39 is 17.8 Å². The molecule has 0 aliphatic heterocycles. The quantitative estimate of drug-likeness (QED) is 0.564. The Kier molecular flexibility index (Phi) is 6.65. The Morgan fingerprint density at radius 1 is 1.23 bits per heavy atom. The van der Waals surface area contributed by atoms with Crippen LogP contribution in [0.15, 0.2) is 18.2 Å². The Balaban J connectivity index is 1.89. The minimum Gasteiger partial charge on any atom is -0.466 e. The van der Waals surface area contributed by atoms with E-state index in [0.29, 0.717) is 4.85 Å². The summed E-state index contributed by atoms with van der Waals surface area (Å²) in [4.78, 5) is 27.3. The lowest BCUT2D eigenvalue weighted by molar-refractivity contribution is -0.149. The zero-order valence-electron chi connectivity index (χ0n) is 14.6. The van der Waals surface area contributed by atoms with Gasteiger partial charge in [0.05, 0.1) is 25.0 Å². The normalized spacial score (nSPS) is 10.6. The van der Waals surface area contributed by atoms with Crippen molar-refractivity contribution in [1.29, 1.82) is 0 Å². The number of hydrogen-bond acceptors (Lipinski definition) is 7. The second-order valence-electron chi connectivity index (χ2n) is 5.50. The van der Waals surface area contributed by atoms with Crippen LogP contribution in [-0.2, 0) is 25.5 Å². The fraction of sp³-hybridized carbons (Fsp3) is 0.412. The summed E-state index contributed by atoms with van der Waals surface area (Å²) in [6.07, 6.45) is 0.0505. The van der Waals surface area contributed by atoms with Gasteiger partial charge in [-0.15, -0.1) is 5.10 Å². The van der Waals surface area contributed by atoms with E-state index in [4.69, 9.17) is 9.47 Å². The number of nitrogens with zero attached hydrogens (tertiary/aromatic N) is 3. The monoisotopic (exact) mass is 365 g/mol. The molecule has 1 N–H and O–H groups in total. The average molecular weight is 365 g/mol. The molecule has 8 nitrogen and oxygen atoms in total. The van der Waals surface area contributed by atoms with Crippen molar-refractivity contribution < 1.29 is 28.7 Å². The van der Waals surface area contributed by atoms with Gasteiger partial charge in [-0.1, -0.05) is 10.9 Å². The third-order valence-corrected chi connectivity index (χ3v) is 3.43. The lowest BCUT2D eigenvalue weighted by atomic mass is 10.1. The van der Waals surface area contributed by atoms with Gasteiger partial charge in [0.15, 0.2) is 5.82 Å². The predicted molar refractivity (Wildman–Crippen MR) is 87.9 cm³/mol. The van der Waals surface area contributed by atoms with Crippen molar-refractivity contribution in [1.82, 2.24) is 14.9 Å². The van der Waals surface area contributed by atoms with Gasteiger partial charge in [-0.25, -0.2) is 9.37 Å². The number of halogens is 1. The molecule has 0 spiro atoms. The molecule has 2 rings (SSSR count). The molecule has 0 fully saturated rings. The van der Waals surface area contributed by atoms with Crippen LogP contribution in [0.4, 0.5) is 4.39 Å². The number of rotatable bonds is 8. The van der Waals surface area contributed by atoms with Crippen molar-refractivity contribution in [2.75, 3.05) is 13.2 Å². The second kappa shape index (κ2) is 8.93. The summed E-state index contributed by atoms with van der Waals surface area (Å²) in [6, 6.07) is 4.51. The lowest BCUT2D eigenvalue weighted by Crippen LogP contribution is -2.12. The van der Waals surface area contributed by atoms with Crippen molar-refractivity contribution in [3.05, 3.63) is 35.4 Å². The molecule has 0 aliphatic carbocycles. The maximum Gasteiger partial charge on any atom is 0.309 e. The Bertz CT molecular complexity index is 791. The van der Waals surface area contributed by atoms with Gasteiger partial charge < -0.3 is 14.7 Å². The molecule has 0 saturated heterocycles. The van der Waals surface area contributed by atoms with E-state index in [2.05, 4.69) is 10.1 Å². The maximum atomic E-state index is 14.0. The molecule has 1 heterocycles. The third-order valence-electron chi connectivity index (χ3n) is 3.43. The van der Waals surface area contributed by atoms with Gasteiger partial charge in [0.25, 0.3) is 0 Å². The first-order valence-electron chi connectivity index (χ1n) is 8.13. The number of carbonyl (C=O) groups excluding carboxylic acids is 2. The van der Waals surface area contributed by atoms with Crippen molar-refractivity contribution in [2.24, 2.45) is 0 Å². The molecule has 26 heavy (non-hydrogen) atoms. The zero-order chi connectivity index (χ0) is 19.1. The van der Waals surface area contributed by atoms with E-state index in [1.807, 2.05) is 0 Å². The molecule has 0 atom stereocenters. The van der Waals surface area contributed by atoms with E-state index in [9.17, 15) is 19.2 Å². The number of hydrogen-bond donors (Lipinski definition) is 1. The summed E-state index contributed by atoms with van der Waals surface area (Å²) in [5, 5.41) is 13.6. The number of benzene rings is 1. The molecule has 0 saturated carbocycles. The van der Waals surface area contributed by atoms with E-state index >= 15 is 0 Å². The predicted octanol–water partition coefficient (Wildman–Crippen LogP) is 2.06. The highest BCUT2D eigenvalue weighted by atomic mass is 19.1. The minimum atomic E-state index is -0.536. The fourth-order valence-corrected chi connectivity index (χ4v) is 2.19. The van der Waals surface area contributed by atoms with Crippen molar-refractivity contribution in [3.8, 4) is 11.4 Å². The highest BCUT2D eigenvalue weighted by Gasteiger charge is 2.16. The summed E-state index contributed by atoms with van der Waals surface area (Å²) in [5.74, 6) is -1.38. The minimum absolute atomic E-state index is 0.0139. The lowest BCUT2D eigenvalue weighted by Gasteiger charge is -2.03. The van der Waals surface area contributed by atoms with Crippen molar-refractivity contribution in [2.45, 2.75) is 33.1 Å². The molecule has 0 unspecified atom stereocenters. The molecule has 0 aliphatic rings. The number of carbonyl (C=O) groups is 2. The van der Waals surface area contributed by atoms with Gasteiger partial charge >= 0.3 is 11.9 Å². The van der Waals surface area contributed by atoms with Gasteiger partial charge in [0.1, 0.15) is 12.4 Å². The van der Waals surface area contributed by atoms with Crippen LogP contribution >= 0.6 is 0 Å². The van der Waals surface area contributed by atoms with Crippen LogP contribution in [0.25, 0.3) is 11.4 Å². The van der Waals surface area contributed by atoms with Crippen LogP contribution in [0.3, 0.4) is 0 Å². The van der Waals surface area contributed by atoms with E-state index in [-0.39, 0.29) is 49.7 Å². The molecule has 0 bridgehead atoms. The van der Waals surface area contributed by atoms with Gasteiger partial charge in [0, 0.05) is 6.42 Å². The van der Waals surface area contributed by atoms with E-state index in [1.54, 1.807) is 19.9 Å². The maximum absolute atomic E-state index is 14.0. The first-order valence-corrected chi connectivity index (χ1v) is 8.13. The summed E-state index contributed by atoms with van der Waals surface area (Å²) < 4.78 is 23.6. The summed E-state index contributed by atoms with van der Waals surface area (Å²) >= 11 is 0. The van der Waals surface area contributed by atoms with Crippen LogP contribution < -0.4 is 0 Å². The number of aromatic nitrogens is 3.